The van der Waals surface area contributed by atoms with Crippen molar-refractivity contribution in [2.45, 2.75) is 51.6 Å². The minimum atomic E-state index is 0.464. The molecular formula is C11H24N2. The third kappa shape index (κ3) is 3.65. The van der Waals surface area contributed by atoms with Crippen LogP contribution in [0.3, 0.4) is 0 Å². The topological polar surface area (TPSA) is 29.3 Å². The van der Waals surface area contributed by atoms with Gasteiger partial charge in [0.2, 0.25) is 0 Å². The first kappa shape index (κ1) is 11.0. The average Bonchev–Trinajstić information content (AvgIpc) is 2.47. The van der Waals surface area contributed by atoms with Gasteiger partial charge in [-0.1, -0.05) is 13.8 Å². The van der Waals surface area contributed by atoms with Crippen LogP contribution in [0.4, 0.5) is 0 Å². The van der Waals surface area contributed by atoms with Gasteiger partial charge < -0.3 is 10.6 Å². The summed E-state index contributed by atoms with van der Waals surface area (Å²) in [5.74, 6) is 0.817. The molecule has 0 aliphatic heterocycles. The van der Waals surface area contributed by atoms with Crippen LogP contribution in [0.25, 0.3) is 0 Å². The summed E-state index contributed by atoms with van der Waals surface area (Å²) in [6.07, 6.45) is 5.03. The van der Waals surface area contributed by atoms with Crippen LogP contribution in [0.15, 0.2) is 0 Å². The fourth-order valence-electron chi connectivity index (χ4n) is 2.04. The molecule has 0 aromatic rings. The van der Waals surface area contributed by atoms with Gasteiger partial charge in [-0.2, -0.15) is 0 Å². The zero-order chi connectivity index (χ0) is 9.84. The smallest absolute Gasteiger partial charge is 0.0107 e. The summed E-state index contributed by atoms with van der Waals surface area (Å²) in [6.45, 7) is 5.80. The van der Waals surface area contributed by atoms with E-state index in [0.29, 0.717) is 6.04 Å². The molecule has 1 aliphatic carbocycles. The molecule has 2 N–H and O–H groups in total. The molecule has 1 saturated carbocycles. The van der Waals surface area contributed by atoms with E-state index in [1.807, 2.05) is 0 Å². The highest BCUT2D eigenvalue weighted by atomic mass is 15.1. The van der Waals surface area contributed by atoms with Gasteiger partial charge in [-0.15, -0.1) is 0 Å². The molecule has 1 rings (SSSR count). The molecule has 2 heteroatoms. The highest BCUT2D eigenvalue weighted by Crippen LogP contribution is 2.22. The Morgan fingerprint density at radius 3 is 2.54 bits per heavy atom. The summed E-state index contributed by atoms with van der Waals surface area (Å²) in [5.41, 5.74) is 5.89. The Hall–Kier alpha value is -0.0800. The van der Waals surface area contributed by atoms with Crippen LogP contribution < -0.4 is 5.73 Å². The monoisotopic (exact) mass is 184 g/mol. The molecule has 0 saturated heterocycles. The maximum atomic E-state index is 5.89. The molecule has 0 spiro atoms. The van der Waals surface area contributed by atoms with E-state index in [-0.39, 0.29) is 0 Å². The summed E-state index contributed by atoms with van der Waals surface area (Å²) in [5, 5.41) is 0. The van der Waals surface area contributed by atoms with E-state index < -0.39 is 0 Å². The highest BCUT2D eigenvalue weighted by Gasteiger charge is 2.24. The maximum Gasteiger partial charge on any atom is 0.0107 e. The van der Waals surface area contributed by atoms with Gasteiger partial charge in [0.05, 0.1) is 0 Å². The summed E-state index contributed by atoms with van der Waals surface area (Å²) in [4.78, 5) is 2.49. The summed E-state index contributed by atoms with van der Waals surface area (Å²) < 4.78 is 0. The van der Waals surface area contributed by atoms with Crippen LogP contribution in [0.1, 0.15) is 39.5 Å². The van der Waals surface area contributed by atoms with Gasteiger partial charge in [0.1, 0.15) is 0 Å². The molecule has 0 amide bonds. The van der Waals surface area contributed by atoms with Crippen molar-refractivity contribution < 1.29 is 0 Å². The Bertz CT molecular complexity index is 145. The maximum absolute atomic E-state index is 5.89. The summed E-state index contributed by atoms with van der Waals surface area (Å²) in [7, 11) is 2.24. The molecule has 13 heavy (non-hydrogen) atoms. The molecule has 2 nitrogen and oxygen atoms in total. The standard InChI is InChI=1S/C11H24N2/c1-9(2)6-7-13(3)11-5-4-10(12)8-11/h9-11H,4-8,12H2,1-3H3. The Labute approximate surface area is 82.5 Å². The lowest BCUT2D eigenvalue weighted by Gasteiger charge is -2.24. The predicted molar refractivity (Wildman–Crippen MR) is 57.7 cm³/mol. The molecule has 1 aliphatic rings. The van der Waals surface area contributed by atoms with Gasteiger partial charge in [-0.25, -0.2) is 0 Å². The average molecular weight is 184 g/mol. The fourth-order valence-corrected chi connectivity index (χ4v) is 2.04. The number of nitrogens with zero attached hydrogens (tertiary/aromatic N) is 1. The van der Waals surface area contributed by atoms with Crippen molar-refractivity contribution in [2.75, 3.05) is 13.6 Å². The molecule has 78 valence electrons. The molecule has 0 bridgehead atoms. The minimum absolute atomic E-state index is 0.464. The first-order valence-electron chi connectivity index (χ1n) is 5.55. The first-order valence-corrected chi connectivity index (χ1v) is 5.55. The van der Waals surface area contributed by atoms with E-state index in [1.54, 1.807) is 0 Å². The Morgan fingerprint density at radius 2 is 2.08 bits per heavy atom. The third-order valence-electron chi connectivity index (χ3n) is 3.13. The molecule has 0 radical (unpaired) electrons. The number of hydrogen-bond acceptors (Lipinski definition) is 2. The Kier molecular flexibility index (Phi) is 4.20. The first-order chi connectivity index (χ1) is 6.09. The van der Waals surface area contributed by atoms with Crippen LogP contribution in [0.5, 0.6) is 0 Å². The van der Waals surface area contributed by atoms with Crippen molar-refractivity contribution in [2.24, 2.45) is 11.7 Å². The molecule has 1 fully saturated rings. The van der Waals surface area contributed by atoms with Crippen molar-refractivity contribution in [1.29, 1.82) is 0 Å². The van der Waals surface area contributed by atoms with Crippen molar-refractivity contribution in [3.63, 3.8) is 0 Å². The van der Waals surface area contributed by atoms with E-state index in [2.05, 4.69) is 25.8 Å². The van der Waals surface area contributed by atoms with E-state index in [9.17, 15) is 0 Å². The zero-order valence-electron chi connectivity index (χ0n) is 9.29. The van der Waals surface area contributed by atoms with Crippen molar-refractivity contribution in [3.8, 4) is 0 Å². The predicted octanol–water partition coefficient (Wildman–Crippen LogP) is 1.84. The van der Waals surface area contributed by atoms with E-state index in [4.69, 9.17) is 5.73 Å². The lowest BCUT2D eigenvalue weighted by Crippen LogP contribution is -2.32. The van der Waals surface area contributed by atoms with E-state index >= 15 is 0 Å². The van der Waals surface area contributed by atoms with Gasteiger partial charge in [0, 0.05) is 12.1 Å². The van der Waals surface area contributed by atoms with Crippen LogP contribution in [-0.4, -0.2) is 30.6 Å². The highest BCUT2D eigenvalue weighted by molar-refractivity contribution is 4.83. The van der Waals surface area contributed by atoms with Gasteiger partial charge in [-0.05, 0) is 45.2 Å². The van der Waals surface area contributed by atoms with Crippen molar-refractivity contribution >= 4 is 0 Å². The molecule has 2 atom stereocenters. The summed E-state index contributed by atoms with van der Waals surface area (Å²) >= 11 is 0. The Balaban J connectivity index is 2.19. The normalized spacial score (nSPS) is 29.1. The van der Waals surface area contributed by atoms with Crippen LogP contribution in [0.2, 0.25) is 0 Å². The van der Waals surface area contributed by atoms with Crippen LogP contribution >= 0.6 is 0 Å². The zero-order valence-corrected chi connectivity index (χ0v) is 9.29. The molecule has 0 heterocycles. The molecule has 2 unspecified atom stereocenters. The van der Waals surface area contributed by atoms with E-state index in [1.165, 1.54) is 32.2 Å². The van der Waals surface area contributed by atoms with Crippen LogP contribution in [0, 0.1) is 5.92 Å². The second kappa shape index (κ2) is 4.97. The quantitative estimate of drug-likeness (QED) is 0.722. The number of hydrogen-bond donors (Lipinski definition) is 1. The number of nitrogens with two attached hydrogens (primary N) is 1. The number of rotatable bonds is 4. The van der Waals surface area contributed by atoms with Crippen molar-refractivity contribution in [1.82, 2.24) is 4.90 Å². The van der Waals surface area contributed by atoms with Gasteiger partial charge in [-0.3, -0.25) is 0 Å². The lowest BCUT2D eigenvalue weighted by molar-refractivity contribution is 0.231. The third-order valence-corrected chi connectivity index (χ3v) is 3.13. The van der Waals surface area contributed by atoms with E-state index in [0.717, 1.165) is 12.0 Å². The van der Waals surface area contributed by atoms with Crippen molar-refractivity contribution in [3.05, 3.63) is 0 Å². The van der Waals surface area contributed by atoms with Crippen LogP contribution in [-0.2, 0) is 0 Å². The second-order valence-corrected chi connectivity index (χ2v) is 4.89. The Morgan fingerprint density at radius 1 is 1.38 bits per heavy atom. The minimum Gasteiger partial charge on any atom is -0.328 e. The molecule has 0 aromatic heterocycles. The fraction of sp³-hybridized carbons (Fsp3) is 1.00. The SMILES string of the molecule is CC(C)CCN(C)C1CCC(N)C1. The van der Waals surface area contributed by atoms with Gasteiger partial charge in [0.25, 0.3) is 0 Å². The second-order valence-electron chi connectivity index (χ2n) is 4.89. The molecular weight excluding hydrogens is 160 g/mol. The molecule has 0 aromatic carbocycles. The lowest BCUT2D eigenvalue weighted by atomic mass is 10.1. The van der Waals surface area contributed by atoms with Gasteiger partial charge >= 0.3 is 0 Å². The summed E-state index contributed by atoms with van der Waals surface area (Å²) in [6, 6.07) is 1.22. The largest absolute Gasteiger partial charge is 0.328 e. The van der Waals surface area contributed by atoms with Gasteiger partial charge in [0.15, 0.2) is 0 Å².